The van der Waals surface area contributed by atoms with Crippen LogP contribution in [0.25, 0.3) is 22.0 Å². The highest BCUT2D eigenvalue weighted by Gasteiger charge is 2.21. The van der Waals surface area contributed by atoms with Gasteiger partial charge in [0, 0.05) is 36.4 Å². The number of rotatable bonds is 8. The third-order valence-electron chi connectivity index (χ3n) is 7.55. The van der Waals surface area contributed by atoms with Crippen LogP contribution < -0.4 is 10.1 Å². The van der Waals surface area contributed by atoms with Crippen molar-refractivity contribution in [2.24, 2.45) is 5.92 Å². The first-order chi connectivity index (χ1) is 19.1. The molecule has 0 radical (unpaired) electrons. The monoisotopic (exact) mass is 525 g/mol. The first-order valence-corrected chi connectivity index (χ1v) is 13.6. The lowest BCUT2D eigenvalue weighted by molar-refractivity contribution is 0.0254. The van der Waals surface area contributed by atoms with Crippen LogP contribution in [-0.4, -0.2) is 51.2 Å². The number of benzene rings is 1. The Labute approximate surface area is 226 Å². The Balaban J connectivity index is 1.16. The predicted octanol–water partition coefficient (Wildman–Crippen LogP) is 5.59. The molecule has 0 bridgehead atoms. The molecule has 9 heteroatoms. The lowest BCUT2D eigenvalue weighted by Gasteiger charge is -2.23. The number of ketones is 1. The molecule has 200 valence electrons. The van der Waals surface area contributed by atoms with Crippen molar-refractivity contribution in [3.63, 3.8) is 0 Å². The number of carbonyl (C=O) groups excluding carboxylic acids is 2. The molecule has 1 saturated carbocycles. The van der Waals surface area contributed by atoms with E-state index in [-0.39, 0.29) is 23.5 Å². The van der Waals surface area contributed by atoms with Gasteiger partial charge in [0.15, 0.2) is 11.5 Å². The molecule has 2 aliphatic rings. The second kappa shape index (κ2) is 11.3. The number of aromatic nitrogens is 4. The SMILES string of the molecule is O=C(CC1CCCC1)c1ccc(NC(=O)c2n[nH]c3ccc(-c4cncc(OC5CCOCC5)c4)cc23)cn1. The lowest BCUT2D eigenvalue weighted by Crippen LogP contribution is -2.25. The molecule has 6 rings (SSSR count). The van der Waals surface area contributed by atoms with Crippen molar-refractivity contribution < 1.29 is 19.1 Å². The molecule has 0 unspecified atom stereocenters. The summed E-state index contributed by atoms with van der Waals surface area (Å²) < 4.78 is 11.5. The highest BCUT2D eigenvalue weighted by molar-refractivity contribution is 6.11. The van der Waals surface area contributed by atoms with Crippen LogP contribution in [0.4, 0.5) is 5.69 Å². The second-order valence-corrected chi connectivity index (χ2v) is 10.3. The van der Waals surface area contributed by atoms with Gasteiger partial charge >= 0.3 is 0 Å². The van der Waals surface area contributed by atoms with Gasteiger partial charge in [-0.1, -0.05) is 31.7 Å². The van der Waals surface area contributed by atoms with Gasteiger partial charge in [-0.3, -0.25) is 24.7 Å². The molecular formula is C30H31N5O4. The number of hydrogen-bond acceptors (Lipinski definition) is 7. The number of H-pyrrole nitrogens is 1. The molecule has 4 heterocycles. The maximum absolute atomic E-state index is 13.1. The normalized spacial score (nSPS) is 16.4. The Kier molecular flexibility index (Phi) is 7.31. The topological polar surface area (TPSA) is 119 Å². The molecule has 1 aliphatic heterocycles. The van der Waals surface area contributed by atoms with Crippen molar-refractivity contribution in [3.05, 3.63) is 66.4 Å². The average Bonchev–Trinajstić information content (AvgIpc) is 3.64. The van der Waals surface area contributed by atoms with Gasteiger partial charge in [-0.2, -0.15) is 5.10 Å². The van der Waals surface area contributed by atoms with Crippen LogP contribution in [0.5, 0.6) is 5.75 Å². The molecular weight excluding hydrogens is 494 g/mol. The first kappa shape index (κ1) is 25.2. The molecule has 1 saturated heterocycles. The molecule has 0 atom stereocenters. The van der Waals surface area contributed by atoms with E-state index < -0.39 is 0 Å². The van der Waals surface area contributed by atoms with Crippen LogP contribution in [0.15, 0.2) is 55.0 Å². The van der Waals surface area contributed by atoms with Gasteiger partial charge in [0.05, 0.1) is 36.8 Å². The second-order valence-electron chi connectivity index (χ2n) is 10.3. The number of anilines is 1. The molecule has 1 aromatic carbocycles. The van der Waals surface area contributed by atoms with Gasteiger partial charge in [0.25, 0.3) is 5.91 Å². The molecule has 39 heavy (non-hydrogen) atoms. The number of nitrogens with one attached hydrogen (secondary N) is 2. The third kappa shape index (κ3) is 5.83. The quantitative estimate of drug-likeness (QED) is 0.288. The van der Waals surface area contributed by atoms with Crippen molar-refractivity contribution in [2.75, 3.05) is 18.5 Å². The van der Waals surface area contributed by atoms with Gasteiger partial charge < -0.3 is 14.8 Å². The van der Waals surface area contributed by atoms with Crippen molar-refractivity contribution >= 4 is 28.3 Å². The maximum Gasteiger partial charge on any atom is 0.276 e. The fourth-order valence-electron chi connectivity index (χ4n) is 5.40. The Morgan fingerprint density at radius 2 is 1.82 bits per heavy atom. The van der Waals surface area contributed by atoms with Crippen LogP contribution in [0.1, 0.15) is 65.9 Å². The van der Waals surface area contributed by atoms with Crippen molar-refractivity contribution in [1.29, 1.82) is 0 Å². The van der Waals surface area contributed by atoms with Crippen LogP contribution in [-0.2, 0) is 4.74 Å². The summed E-state index contributed by atoms with van der Waals surface area (Å²) in [6.07, 6.45) is 12.0. The van der Waals surface area contributed by atoms with Gasteiger partial charge in [-0.25, -0.2) is 0 Å². The summed E-state index contributed by atoms with van der Waals surface area (Å²) in [6, 6.07) is 11.1. The molecule has 9 nitrogen and oxygen atoms in total. The van der Waals surface area contributed by atoms with E-state index in [1.165, 1.54) is 19.0 Å². The Hall–Kier alpha value is -4.11. The molecule has 1 amide bonds. The van der Waals surface area contributed by atoms with E-state index in [1.54, 1.807) is 24.5 Å². The van der Waals surface area contributed by atoms with E-state index in [2.05, 4.69) is 25.5 Å². The average molecular weight is 526 g/mol. The largest absolute Gasteiger partial charge is 0.489 e. The zero-order valence-corrected chi connectivity index (χ0v) is 21.7. The summed E-state index contributed by atoms with van der Waals surface area (Å²) in [4.78, 5) is 34.4. The van der Waals surface area contributed by atoms with E-state index in [0.717, 1.165) is 42.3 Å². The standard InChI is InChI=1S/C30H31N5O4/c36-28(13-19-3-1-2-4-19)27-8-6-22(17-32-27)33-30(37)29-25-15-20(5-7-26(25)34-35-29)21-14-24(18-31-16-21)39-23-9-11-38-12-10-23/h5-8,14-19,23H,1-4,9-13H2,(H,33,37)(H,34,35). The highest BCUT2D eigenvalue weighted by atomic mass is 16.5. The van der Waals surface area contributed by atoms with E-state index in [0.29, 0.717) is 48.1 Å². The zero-order chi connectivity index (χ0) is 26.6. The molecule has 4 aromatic rings. The Bertz CT molecular complexity index is 1470. The van der Waals surface area contributed by atoms with E-state index in [1.807, 2.05) is 24.3 Å². The number of Topliss-reactive ketones (excluding diaryl/α,β-unsaturated/α-hetero) is 1. The number of pyridine rings is 2. The minimum atomic E-state index is -0.361. The van der Waals surface area contributed by atoms with Crippen LogP contribution in [0, 0.1) is 5.92 Å². The molecule has 2 N–H and O–H groups in total. The van der Waals surface area contributed by atoms with E-state index in [4.69, 9.17) is 9.47 Å². The molecule has 3 aromatic heterocycles. The van der Waals surface area contributed by atoms with Crippen LogP contribution in [0.3, 0.4) is 0 Å². The zero-order valence-electron chi connectivity index (χ0n) is 21.7. The Morgan fingerprint density at radius 1 is 0.974 bits per heavy atom. The maximum atomic E-state index is 13.1. The number of fused-ring (bicyclic) bond motifs is 1. The van der Waals surface area contributed by atoms with Gasteiger partial charge in [-0.15, -0.1) is 0 Å². The first-order valence-electron chi connectivity index (χ1n) is 13.6. The number of nitrogens with zero attached hydrogens (tertiary/aromatic N) is 3. The van der Waals surface area contributed by atoms with Crippen LogP contribution in [0.2, 0.25) is 0 Å². The summed E-state index contributed by atoms with van der Waals surface area (Å²) in [5, 5.41) is 10.7. The molecule has 2 fully saturated rings. The fraction of sp³-hybridized carbons (Fsp3) is 0.367. The minimum Gasteiger partial charge on any atom is -0.489 e. The summed E-state index contributed by atoms with van der Waals surface area (Å²) in [6.45, 7) is 1.41. The smallest absolute Gasteiger partial charge is 0.276 e. The van der Waals surface area contributed by atoms with Crippen molar-refractivity contribution in [2.45, 2.75) is 51.0 Å². The summed E-state index contributed by atoms with van der Waals surface area (Å²) in [5.41, 5.74) is 3.75. The number of aromatic amines is 1. The van der Waals surface area contributed by atoms with Gasteiger partial charge in [-0.05, 0) is 41.8 Å². The molecule has 1 aliphatic carbocycles. The minimum absolute atomic E-state index is 0.0577. The summed E-state index contributed by atoms with van der Waals surface area (Å²) in [7, 11) is 0. The predicted molar refractivity (Wildman–Crippen MR) is 147 cm³/mol. The fourth-order valence-corrected chi connectivity index (χ4v) is 5.40. The van der Waals surface area contributed by atoms with E-state index in [9.17, 15) is 9.59 Å². The van der Waals surface area contributed by atoms with E-state index >= 15 is 0 Å². The third-order valence-corrected chi connectivity index (χ3v) is 7.55. The number of ether oxygens (including phenoxy) is 2. The lowest BCUT2D eigenvalue weighted by atomic mass is 9.99. The van der Waals surface area contributed by atoms with Crippen molar-refractivity contribution in [1.82, 2.24) is 20.2 Å². The summed E-state index contributed by atoms with van der Waals surface area (Å²) in [5.74, 6) is 0.874. The highest BCUT2D eigenvalue weighted by Crippen LogP contribution is 2.30. The molecule has 0 spiro atoms. The number of amides is 1. The summed E-state index contributed by atoms with van der Waals surface area (Å²) >= 11 is 0. The Morgan fingerprint density at radius 3 is 2.62 bits per heavy atom. The van der Waals surface area contributed by atoms with Crippen LogP contribution >= 0.6 is 0 Å². The number of hydrogen-bond donors (Lipinski definition) is 2. The number of carbonyl (C=O) groups is 2. The van der Waals surface area contributed by atoms with Crippen molar-refractivity contribution in [3.8, 4) is 16.9 Å². The van der Waals surface area contributed by atoms with Gasteiger partial charge in [0.1, 0.15) is 17.5 Å². The van der Waals surface area contributed by atoms with Gasteiger partial charge in [0.2, 0.25) is 0 Å².